The molecular weight excluding hydrogens is 360 g/mol. The summed E-state index contributed by atoms with van der Waals surface area (Å²) >= 11 is 0. The van der Waals surface area contributed by atoms with Crippen LogP contribution in [0.2, 0.25) is 0 Å². The second kappa shape index (κ2) is 8.82. The number of para-hydroxylation sites is 2. The van der Waals surface area contributed by atoms with Gasteiger partial charge in [-0.15, -0.1) is 0 Å². The lowest BCUT2D eigenvalue weighted by Crippen LogP contribution is -2.08. The minimum Gasteiger partial charge on any atom is -0.497 e. The molecule has 0 aliphatic carbocycles. The number of hydrogen-bond acceptors (Lipinski definition) is 3. The van der Waals surface area contributed by atoms with Gasteiger partial charge >= 0.3 is 0 Å². The van der Waals surface area contributed by atoms with E-state index >= 15 is 0 Å². The number of nitrogens with zero attached hydrogens (tertiary/aromatic N) is 2. The molecule has 0 aliphatic rings. The van der Waals surface area contributed by atoms with E-state index in [1.165, 1.54) is 16.6 Å². The van der Waals surface area contributed by atoms with Crippen molar-refractivity contribution in [3.05, 3.63) is 89.7 Å². The Balaban J connectivity index is 1.47. The normalized spacial score (nSPS) is 11.0. The van der Waals surface area contributed by atoms with Crippen molar-refractivity contribution in [1.82, 2.24) is 9.55 Å². The van der Waals surface area contributed by atoms with E-state index in [0.29, 0.717) is 6.61 Å². The Labute approximate surface area is 171 Å². The Bertz CT molecular complexity index is 1070. The third-order valence-electron chi connectivity index (χ3n) is 5.07. The maximum absolute atomic E-state index is 5.91. The van der Waals surface area contributed by atoms with Crippen LogP contribution in [0.3, 0.4) is 0 Å². The quantitative estimate of drug-likeness (QED) is 0.380. The van der Waals surface area contributed by atoms with E-state index in [1.54, 1.807) is 7.11 Å². The van der Waals surface area contributed by atoms with Gasteiger partial charge in [0.15, 0.2) is 0 Å². The molecule has 0 spiro atoms. The van der Waals surface area contributed by atoms with Crippen molar-refractivity contribution < 1.29 is 9.47 Å². The van der Waals surface area contributed by atoms with Gasteiger partial charge in [-0.1, -0.05) is 42.0 Å². The molecule has 4 aromatic rings. The minimum atomic E-state index is 0.678. The molecule has 29 heavy (non-hydrogen) atoms. The van der Waals surface area contributed by atoms with Gasteiger partial charge in [-0.2, -0.15) is 0 Å². The molecule has 1 heterocycles. The highest BCUT2D eigenvalue weighted by molar-refractivity contribution is 5.76. The number of hydrogen-bond donors (Lipinski definition) is 0. The van der Waals surface area contributed by atoms with Crippen molar-refractivity contribution in [2.45, 2.75) is 26.3 Å². The summed E-state index contributed by atoms with van der Waals surface area (Å²) in [6.07, 6.45) is 1.71. The molecule has 0 amide bonds. The average Bonchev–Trinajstić information content (AvgIpc) is 3.10. The van der Waals surface area contributed by atoms with Crippen LogP contribution >= 0.6 is 0 Å². The Hall–Kier alpha value is -3.27. The average molecular weight is 386 g/mol. The summed E-state index contributed by atoms with van der Waals surface area (Å²) in [7, 11) is 1.69. The first-order valence-electron chi connectivity index (χ1n) is 9.99. The smallest absolute Gasteiger partial charge is 0.119 e. The van der Waals surface area contributed by atoms with Crippen LogP contribution in [0, 0.1) is 6.92 Å². The van der Waals surface area contributed by atoms with Gasteiger partial charge in [-0.05, 0) is 55.3 Å². The van der Waals surface area contributed by atoms with Crippen molar-refractivity contribution in [3.8, 4) is 11.5 Å². The summed E-state index contributed by atoms with van der Waals surface area (Å²) in [6, 6.07) is 24.7. The van der Waals surface area contributed by atoms with E-state index in [0.717, 1.165) is 42.2 Å². The maximum atomic E-state index is 5.91. The number of rotatable bonds is 8. The lowest BCUT2D eigenvalue weighted by Gasteiger charge is -2.11. The second-order valence-corrected chi connectivity index (χ2v) is 7.21. The second-order valence-electron chi connectivity index (χ2n) is 7.21. The first kappa shape index (κ1) is 19.1. The van der Waals surface area contributed by atoms with Gasteiger partial charge in [-0.25, -0.2) is 4.98 Å². The molecule has 0 bridgehead atoms. The van der Waals surface area contributed by atoms with Gasteiger partial charge in [-0.3, -0.25) is 0 Å². The van der Waals surface area contributed by atoms with E-state index in [-0.39, 0.29) is 0 Å². The molecule has 0 unspecified atom stereocenters. The summed E-state index contributed by atoms with van der Waals surface area (Å²) in [5.41, 5.74) is 4.67. The summed E-state index contributed by atoms with van der Waals surface area (Å²) < 4.78 is 13.5. The summed E-state index contributed by atoms with van der Waals surface area (Å²) in [6.45, 7) is 3.63. The van der Waals surface area contributed by atoms with Crippen LogP contribution in [0.15, 0.2) is 72.8 Å². The number of aromatic nitrogens is 2. The number of imidazole rings is 1. The molecule has 4 heteroatoms. The van der Waals surface area contributed by atoms with E-state index < -0.39 is 0 Å². The van der Waals surface area contributed by atoms with Crippen molar-refractivity contribution in [2.75, 3.05) is 13.7 Å². The predicted molar refractivity (Wildman–Crippen MR) is 117 cm³/mol. The Morgan fingerprint density at radius 3 is 2.34 bits per heavy atom. The van der Waals surface area contributed by atoms with Crippen LogP contribution in [0.1, 0.15) is 23.4 Å². The topological polar surface area (TPSA) is 36.3 Å². The van der Waals surface area contributed by atoms with Crippen LogP contribution in [0.5, 0.6) is 11.5 Å². The SMILES string of the molecule is COc1ccc(Cc2nc3ccccc3n2CCCOc2ccc(C)cc2)cc1. The molecule has 0 radical (unpaired) electrons. The molecule has 4 rings (SSSR count). The van der Waals surface area contributed by atoms with Crippen LogP contribution < -0.4 is 9.47 Å². The molecule has 0 saturated carbocycles. The standard InChI is InChI=1S/C25H26N2O2/c1-19-8-12-22(13-9-19)29-17-5-16-27-24-7-4-3-6-23(24)26-25(27)18-20-10-14-21(28-2)15-11-20/h3-4,6-15H,5,16-18H2,1-2H3. The van der Waals surface area contributed by atoms with Crippen molar-refractivity contribution in [3.63, 3.8) is 0 Å². The highest BCUT2D eigenvalue weighted by Gasteiger charge is 2.11. The van der Waals surface area contributed by atoms with Crippen molar-refractivity contribution in [2.24, 2.45) is 0 Å². The molecule has 4 nitrogen and oxygen atoms in total. The van der Waals surface area contributed by atoms with E-state index in [9.17, 15) is 0 Å². The summed E-state index contributed by atoms with van der Waals surface area (Å²) in [5, 5.41) is 0. The zero-order valence-electron chi connectivity index (χ0n) is 17.0. The minimum absolute atomic E-state index is 0.678. The molecule has 1 aromatic heterocycles. The van der Waals surface area contributed by atoms with E-state index in [1.807, 2.05) is 30.3 Å². The molecule has 0 saturated heterocycles. The number of benzene rings is 3. The highest BCUT2D eigenvalue weighted by Crippen LogP contribution is 2.21. The van der Waals surface area contributed by atoms with Gasteiger partial charge in [0.25, 0.3) is 0 Å². The third kappa shape index (κ3) is 4.60. The lowest BCUT2D eigenvalue weighted by atomic mass is 10.1. The highest BCUT2D eigenvalue weighted by atomic mass is 16.5. The summed E-state index contributed by atoms with van der Waals surface area (Å²) in [4.78, 5) is 4.89. The zero-order chi connectivity index (χ0) is 20.1. The molecule has 3 aromatic carbocycles. The van der Waals surface area contributed by atoms with Crippen LogP contribution in [0.25, 0.3) is 11.0 Å². The van der Waals surface area contributed by atoms with Gasteiger partial charge < -0.3 is 14.0 Å². The molecule has 0 N–H and O–H groups in total. The van der Waals surface area contributed by atoms with Crippen molar-refractivity contribution >= 4 is 11.0 Å². The first-order chi connectivity index (χ1) is 14.2. The monoisotopic (exact) mass is 386 g/mol. The third-order valence-corrected chi connectivity index (χ3v) is 5.07. The van der Waals surface area contributed by atoms with Gasteiger partial charge in [0.1, 0.15) is 17.3 Å². The summed E-state index contributed by atoms with van der Waals surface area (Å²) in [5.74, 6) is 2.87. The van der Waals surface area contributed by atoms with Crippen LogP contribution in [0.4, 0.5) is 0 Å². The van der Waals surface area contributed by atoms with Crippen LogP contribution in [-0.4, -0.2) is 23.3 Å². The fourth-order valence-corrected chi connectivity index (χ4v) is 3.48. The number of methoxy groups -OCH3 is 1. The van der Waals surface area contributed by atoms with Gasteiger partial charge in [0, 0.05) is 13.0 Å². The molecule has 0 aliphatic heterocycles. The Morgan fingerprint density at radius 1 is 0.862 bits per heavy atom. The van der Waals surface area contributed by atoms with Crippen LogP contribution in [-0.2, 0) is 13.0 Å². The molecular formula is C25H26N2O2. The van der Waals surface area contributed by atoms with E-state index in [4.69, 9.17) is 14.5 Å². The Kier molecular flexibility index (Phi) is 5.80. The Morgan fingerprint density at radius 2 is 1.59 bits per heavy atom. The zero-order valence-corrected chi connectivity index (χ0v) is 17.0. The van der Waals surface area contributed by atoms with Gasteiger partial charge in [0.05, 0.1) is 24.8 Å². The lowest BCUT2D eigenvalue weighted by molar-refractivity contribution is 0.302. The fraction of sp³-hybridized carbons (Fsp3) is 0.240. The maximum Gasteiger partial charge on any atom is 0.119 e. The number of aryl methyl sites for hydroxylation is 2. The van der Waals surface area contributed by atoms with Crippen molar-refractivity contribution in [1.29, 1.82) is 0 Å². The van der Waals surface area contributed by atoms with Gasteiger partial charge in [0.2, 0.25) is 0 Å². The molecule has 148 valence electrons. The first-order valence-corrected chi connectivity index (χ1v) is 9.99. The van der Waals surface area contributed by atoms with E-state index in [2.05, 4.69) is 54.0 Å². The number of fused-ring (bicyclic) bond motifs is 1. The fourth-order valence-electron chi connectivity index (χ4n) is 3.48. The largest absolute Gasteiger partial charge is 0.497 e. The molecule has 0 fully saturated rings. The number of ether oxygens (including phenoxy) is 2. The predicted octanol–water partition coefficient (Wildman–Crippen LogP) is 5.41. The molecule has 0 atom stereocenters.